The van der Waals surface area contributed by atoms with Crippen LogP contribution in [0, 0.1) is 0 Å². The largest absolute Gasteiger partial charge is 0.493 e. The fraction of sp³-hybridized carbons (Fsp3) is 0.394. The van der Waals surface area contributed by atoms with E-state index in [1.807, 2.05) is 77.7 Å². The third kappa shape index (κ3) is 7.67. The molecule has 9 nitrogen and oxygen atoms in total. The molecule has 4 bridgehead atoms. The quantitative estimate of drug-likeness (QED) is 0.441. The van der Waals surface area contributed by atoms with E-state index in [0.29, 0.717) is 68.6 Å². The Morgan fingerprint density at radius 2 is 1.86 bits per heavy atom. The van der Waals surface area contributed by atoms with Gasteiger partial charge in [0, 0.05) is 45.5 Å². The molecule has 0 radical (unpaired) electrons. The van der Waals surface area contributed by atoms with Crippen molar-refractivity contribution in [2.75, 3.05) is 47.0 Å². The average molecular weight is 574 g/mol. The molecule has 2 amide bonds. The van der Waals surface area contributed by atoms with E-state index < -0.39 is 0 Å². The Labute approximate surface area is 247 Å². The fourth-order valence-electron chi connectivity index (χ4n) is 5.50. The topological polar surface area (TPSA) is 89.6 Å². The number of nitrogens with zero attached hydrogens (tertiary/aromatic N) is 2. The second-order valence-corrected chi connectivity index (χ2v) is 10.7. The van der Waals surface area contributed by atoms with Gasteiger partial charge < -0.3 is 29.2 Å². The van der Waals surface area contributed by atoms with Crippen molar-refractivity contribution in [2.24, 2.45) is 0 Å². The summed E-state index contributed by atoms with van der Waals surface area (Å²) in [4.78, 5) is 30.7. The number of hydrogen-bond donors (Lipinski definition) is 1. The molecule has 0 aromatic heterocycles. The number of nitrogens with one attached hydrogen (secondary N) is 1. The van der Waals surface area contributed by atoms with Crippen molar-refractivity contribution in [3.8, 4) is 17.2 Å². The number of carbonyl (C=O) groups excluding carboxylic acids is 2. The molecule has 2 aliphatic heterocycles. The lowest BCUT2D eigenvalue weighted by Crippen LogP contribution is -2.58. The second-order valence-electron chi connectivity index (χ2n) is 10.7. The molecule has 1 fully saturated rings. The van der Waals surface area contributed by atoms with E-state index in [9.17, 15) is 9.59 Å². The van der Waals surface area contributed by atoms with E-state index in [0.717, 1.165) is 17.5 Å². The van der Waals surface area contributed by atoms with Crippen LogP contribution in [0.25, 0.3) is 0 Å². The van der Waals surface area contributed by atoms with Gasteiger partial charge in [0.1, 0.15) is 5.75 Å². The number of carbonyl (C=O) groups is 2. The summed E-state index contributed by atoms with van der Waals surface area (Å²) in [6, 6.07) is 22.5. The molecule has 5 rings (SSSR count). The Bertz CT molecular complexity index is 1350. The van der Waals surface area contributed by atoms with Crippen molar-refractivity contribution >= 4 is 11.8 Å². The molecule has 2 heterocycles. The van der Waals surface area contributed by atoms with E-state index in [-0.39, 0.29) is 30.5 Å². The lowest BCUT2D eigenvalue weighted by atomic mass is 10.0. The van der Waals surface area contributed by atoms with Crippen LogP contribution in [0.1, 0.15) is 34.3 Å². The number of ether oxygens (including phenoxy) is 4. The molecule has 222 valence electrons. The molecule has 0 unspecified atom stereocenters. The highest BCUT2D eigenvalue weighted by atomic mass is 16.5. The van der Waals surface area contributed by atoms with Crippen LogP contribution < -0.4 is 14.8 Å². The van der Waals surface area contributed by atoms with Gasteiger partial charge in [-0.3, -0.25) is 14.5 Å². The minimum Gasteiger partial charge on any atom is -0.493 e. The number of hydrogen-bond acceptors (Lipinski definition) is 7. The number of methoxy groups -OCH3 is 2. The molecule has 0 saturated carbocycles. The molecule has 9 heteroatoms. The van der Waals surface area contributed by atoms with Crippen molar-refractivity contribution in [3.63, 3.8) is 0 Å². The minimum absolute atomic E-state index is 0.0446. The molecule has 3 aromatic rings. The number of likely N-dealkylation sites (tertiary alicyclic amines) is 1. The van der Waals surface area contributed by atoms with E-state index >= 15 is 0 Å². The average Bonchev–Trinajstić information content (AvgIpc) is 3.00. The van der Waals surface area contributed by atoms with E-state index in [1.54, 1.807) is 14.2 Å². The first kappa shape index (κ1) is 29.6. The van der Waals surface area contributed by atoms with Crippen LogP contribution in [0.3, 0.4) is 0 Å². The van der Waals surface area contributed by atoms with Crippen molar-refractivity contribution in [2.45, 2.75) is 38.1 Å². The molecule has 2 atom stereocenters. The maximum absolute atomic E-state index is 13.5. The number of benzene rings is 3. The third-order valence-electron chi connectivity index (χ3n) is 7.62. The van der Waals surface area contributed by atoms with Crippen molar-refractivity contribution in [1.82, 2.24) is 15.1 Å². The Morgan fingerprint density at radius 3 is 2.67 bits per heavy atom. The van der Waals surface area contributed by atoms with Crippen LogP contribution >= 0.6 is 0 Å². The van der Waals surface area contributed by atoms with Gasteiger partial charge in [-0.2, -0.15) is 0 Å². The highest BCUT2D eigenvalue weighted by molar-refractivity contribution is 5.94. The summed E-state index contributed by atoms with van der Waals surface area (Å²) in [5.74, 6) is 1.77. The van der Waals surface area contributed by atoms with Crippen molar-refractivity contribution < 1.29 is 28.5 Å². The zero-order valence-corrected chi connectivity index (χ0v) is 24.3. The smallest absolute Gasteiger partial charge is 0.253 e. The predicted octanol–water partition coefficient (Wildman–Crippen LogP) is 4.26. The number of rotatable bonds is 6. The number of amides is 2. The van der Waals surface area contributed by atoms with Crippen LogP contribution in [-0.2, 0) is 27.4 Å². The van der Waals surface area contributed by atoms with Crippen LogP contribution in [0.5, 0.6) is 17.2 Å². The first-order valence-electron chi connectivity index (χ1n) is 14.4. The van der Waals surface area contributed by atoms with Gasteiger partial charge in [0.2, 0.25) is 5.91 Å². The van der Waals surface area contributed by atoms with Gasteiger partial charge in [-0.05, 0) is 60.4 Å². The first-order valence-corrected chi connectivity index (χ1v) is 14.4. The Kier molecular flexibility index (Phi) is 10.1. The van der Waals surface area contributed by atoms with Crippen LogP contribution in [-0.4, -0.2) is 80.8 Å². The summed E-state index contributed by atoms with van der Waals surface area (Å²) in [7, 11) is 3.30. The highest BCUT2D eigenvalue weighted by Crippen LogP contribution is 2.33. The van der Waals surface area contributed by atoms with Gasteiger partial charge in [-0.1, -0.05) is 36.4 Å². The van der Waals surface area contributed by atoms with E-state index in [1.165, 1.54) is 0 Å². The van der Waals surface area contributed by atoms with Gasteiger partial charge in [0.15, 0.2) is 11.5 Å². The van der Waals surface area contributed by atoms with Gasteiger partial charge in [0.25, 0.3) is 5.91 Å². The molecule has 0 aliphatic carbocycles. The minimum atomic E-state index is -0.348. The number of piperidine rings is 1. The maximum Gasteiger partial charge on any atom is 0.253 e. The Morgan fingerprint density at radius 1 is 1.00 bits per heavy atom. The summed E-state index contributed by atoms with van der Waals surface area (Å²) in [5, 5.41) is 3.21. The zero-order chi connectivity index (χ0) is 29.3. The first-order chi connectivity index (χ1) is 20.5. The second kappa shape index (κ2) is 14.3. The fourth-order valence-corrected chi connectivity index (χ4v) is 5.50. The summed E-state index contributed by atoms with van der Waals surface area (Å²) in [6.07, 6.45) is 1.14. The maximum atomic E-state index is 13.5. The lowest BCUT2D eigenvalue weighted by molar-refractivity contribution is -0.125. The molecule has 3 aromatic carbocycles. The summed E-state index contributed by atoms with van der Waals surface area (Å²) < 4.78 is 23.5. The molecule has 2 aliphatic rings. The van der Waals surface area contributed by atoms with Gasteiger partial charge >= 0.3 is 0 Å². The molecular weight excluding hydrogens is 534 g/mol. The molecule has 1 saturated heterocycles. The summed E-state index contributed by atoms with van der Waals surface area (Å²) in [5.41, 5.74) is 2.58. The molecule has 42 heavy (non-hydrogen) atoms. The molecular formula is C33H39N3O6. The number of fused-ring (bicyclic) bond motifs is 5. The Balaban J connectivity index is 1.42. The SMILES string of the molecule is COCCCN1CC(=O)N[C@H]2CN(C(=O)c3ccccc3)CC[C@H]2OCc2cccc(c2)Oc2cc(ccc2OC)C1. The summed E-state index contributed by atoms with van der Waals surface area (Å²) in [6.45, 7) is 3.28. The third-order valence-corrected chi connectivity index (χ3v) is 7.62. The monoisotopic (exact) mass is 573 g/mol. The van der Waals surface area contributed by atoms with Gasteiger partial charge in [-0.15, -0.1) is 0 Å². The van der Waals surface area contributed by atoms with Crippen LogP contribution in [0.4, 0.5) is 0 Å². The van der Waals surface area contributed by atoms with E-state index in [4.69, 9.17) is 18.9 Å². The normalized spacial score (nSPS) is 19.8. The van der Waals surface area contributed by atoms with E-state index in [2.05, 4.69) is 10.2 Å². The van der Waals surface area contributed by atoms with Crippen LogP contribution in [0.15, 0.2) is 72.8 Å². The van der Waals surface area contributed by atoms with Crippen LogP contribution in [0.2, 0.25) is 0 Å². The predicted molar refractivity (Wildman–Crippen MR) is 159 cm³/mol. The lowest BCUT2D eigenvalue weighted by Gasteiger charge is -2.39. The van der Waals surface area contributed by atoms with Crippen molar-refractivity contribution in [3.05, 3.63) is 89.5 Å². The molecule has 1 N–H and O–H groups in total. The summed E-state index contributed by atoms with van der Waals surface area (Å²) >= 11 is 0. The standard InChI is InChI=1S/C33H39N3O6/c1-39-17-7-15-35-20-24-12-13-30(40-2)31(19-24)42-27-11-6-8-25(18-27)23-41-29-14-16-36(21-28(29)34-32(37)22-35)33(38)26-9-4-3-5-10-26/h3-6,8-13,18-19,28-29H,7,14-17,20-23H2,1-2H3,(H,34,37)/t28-,29+/m0/s1. The van der Waals surface area contributed by atoms with Crippen molar-refractivity contribution in [1.29, 1.82) is 0 Å². The highest BCUT2D eigenvalue weighted by Gasteiger charge is 2.34. The van der Waals surface area contributed by atoms with Gasteiger partial charge in [0.05, 0.1) is 32.4 Å². The Hall–Kier alpha value is -3.92. The van der Waals surface area contributed by atoms with Gasteiger partial charge in [-0.25, -0.2) is 0 Å². The molecule has 0 spiro atoms. The zero-order valence-electron chi connectivity index (χ0n) is 24.3.